The highest BCUT2D eigenvalue weighted by molar-refractivity contribution is 7.71. The molecule has 0 saturated carbocycles. The molecule has 0 bridgehead atoms. The standard InChI is InChI=1S/C19H25N5O4S/c1-4-23-16(21-22-19(23)29)7-8-20-18(26)12-9-17(25)24(11-12)14-10-13(27-2)5-6-15(14)28-3/h5-6,10,12H,4,7-9,11H2,1-3H3,(H,20,26)(H,22,29). The Morgan fingerprint density at radius 3 is 2.86 bits per heavy atom. The zero-order valence-corrected chi connectivity index (χ0v) is 17.5. The van der Waals surface area contributed by atoms with Gasteiger partial charge in [-0.25, -0.2) is 0 Å². The van der Waals surface area contributed by atoms with Crippen LogP contribution in [0.2, 0.25) is 0 Å². The number of nitrogens with one attached hydrogen (secondary N) is 2. The molecule has 29 heavy (non-hydrogen) atoms. The van der Waals surface area contributed by atoms with E-state index < -0.39 is 5.92 Å². The van der Waals surface area contributed by atoms with Crippen LogP contribution in [0.15, 0.2) is 18.2 Å². The van der Waals surface area contributed by atoms with Crippen LogP contribution < -0.4 is 19.7 Å². The van der Waals surface area contributed by atoms with E-state index in [0.29, 0.717) is 48.0 Å². The van der Waals surface area contributed by atoms with Crippen molar-refractivity contribution in [2.45, 2.75) is 26.3 Å². The number of amides is 2. The molecule has 2 heterocycles. The van der Waals surface area contributed by atoms with Crippen molar-refractivity contribution in [3.05, 3.63) is 28.8 Å². The first-order valence-corrected chi connectivity index (χ1v) is 9.83. The Kier molecular flexibility index (Phi) is 6.53. The molecule has 10 heteroatoms. The molecule has 0 radical (unpaired) electrons. The molecule has 9 nitrogen and oxygen atoms in total. The van der Waals surface area contributed by atoms with Crippen LogP contribution in [0.1, 0.15) is 19.2 Å². The molecule has 2 amide bonds. The SMILES string of the molecule is CCn1c(CCNC(=O)C2CC(=O)N(c3cc(OC)ccc3OC)C2)n[nH]c1=S. The van der Waals surface area contributed by atoms with Gasteiger partial charge < -0.3 is 24.3 Å². The zero-order valence-electron chi connectivity index (χ0n) is 16.7. The molecule has 1 aromatic heterocycles. The molecule has 1 aliphatic heterocycles. The van der Waals surface area contributed by atoms with Crippen molar-refractivity contribution in [3.8, 4) is 11.5 Å². The lowest BCUT2D eigenvalue weighted by Gasteiger charge is -2.20. The Balaban J connectivity index is 1.62. The van der Waals surface area contributed by atoms with Crippen molar-refractivity contribution in [2.75, 3.05) is 32.2 Å². The van der Waals surface area contributed by atoms with E-state index in [-0.39, 0.29) is 18.2 Å². The number of aromatic nitrogens is 3. The fourth-order valence-electron chi connectivity index (χ4n) is 3.43. The summed E-state index contributed by atoms with van der Waals surface area (Å²) in [5.41, 5.74) is 0.602. The van der Waals surface area contributed by atoms with Gasteiger partial charge in [-0.2, -0.15) is 5.10 Å². The average Bonchev–Trinajstić information content (AvgIpc) is 3.29. The minimum absolute atomic E-state index is 0.122. The van der Waals surface area contributed by atoms with Gasteiger partial charge in [0.1, 0.15) is 17.3 Å². The minimum Gasteiger partial charge on any atom is -0.497 e. The number of hydrogen-bond acceptors (Lipinski definition) is 6. The van der Waals surface area contributed by atoms with Crippen molar-refractivity contribution in [1.29, 1.82) is 0 Å². The predicted octanol–water partition coefficient (Wildman–Crippen LogP) is 1.69. The molecular weight excluding hydrogens is 394 g/mol. The summed E-state index contributed by atoms with van der Waals surface area (Å²) < 4.78 is 13.1. The Labute approximate surface area is 174 Å². The highest BCUT2D eigenvalue weighted by atomic mass is 32.1. The lowest BCUT2D eigenvalue weighted by molar-refractivity contribution is -0.126. The molecule has 0 spiro atoms. The summed E-state index contributed by atoms with van der Waals surface area (Å²) in [6, 6.07) is 5.25. The maximum Gasteiger partial charge on any atom is 0.227 e. The molecule has 2 N–H and O–H groups in total. The van der Waals surface area contributed by atoms with Crippen LogP contribution in [-0.4, -0.2) is 53.9 Å². The summed E-state index contributed by atoms with van der Waals surface area (Å²) in [6.45, 7) is 3.42. The van der Waals surface area contributed by atoms with Crippen molar-refractivity contribution >= 4 is 29.7 Å². The van der Waals surface area contributed by atoms with Gasteiger partial charge >= 0.3 is 0 Å². The van der Waals surface area contributed by atoms with E-state index in [1.165, 1.54) is 0 Å². The molecule has 156 valence electrons. The van der Waals surface area contributed by atoms with Crippen LogP contribution in [0.3, 0.4) is 0 Å². The van der Waals surface area contributed by atoms with Crippen LogP contribution in [0, 0.1) is 10.7 Å². The predicted molar refractivity (Wildman–Crippen MR) is 110 cm³/mol. The molecule has 3 rings (SSSR count). The minimum atomic E-state index is -0.426. The summed E-state index contributed by atoms with van der Waals surface area (Å²) in [5, 5.41) is 9.85. The second kappa shape index (κ2) is 9.08. The van der Waals surface area contributed by atoms with Gasteiger partial charge in [-0.15, -0.1) is 0 Å². The third-order valence-electron chi connectivity index (χ3n) is 4.97. The lowest BCUT2D eigenvalue weighted by atomic mass is 10.1. The molecule has 1 aromatic carbocycles. The van der Waals surface area contributed by atoms with Gasteiger partial charge in [0, 0.05) is 38.5 Å². The third-order valence-corrected chi connectivity index (χ3v) is 5.29. The number of nitrogens with zero attached hydrogens (tertiary/aromatic N) is 3. The van der Waals surface area contributed by atoms with E-state index in [0.717, 1.165) is 5.82 Å². The van der Waals surface area contributed by atoms with E-state index in [9.17, 15) is 9.59 Å². The van der Waals surface area contributed by atoms with Crippen LogP contribution in [0.25, 0.3) is 0 Å². The number of hydrogen-bond donors (Lipinski definition) is 2. The number of anilines is 1. The normalized spacial score (nSPS) is 16.2. The molecule has 2 aromatic rings. The second-order valence-corrected chi connectivity index (χ2v) is 7.06. The first-order chi connectivity index (χ1) is 14.0. The number of aromatic amines is 1. The van der Waals surface area contributed by atoms with Gasteiger partial charge in [0.25, 0.3) is 0 Å². The van der Waals surface area contributed by atoms with Gasteiger partial charge in [0.2, 0.25) is 11.8 Å². The molecule has 0 aliphatic carbocycles. The number of rotatable bonds is 8. The molecule has 1 aliphatic rings. The highest BCUT2D eigenvalue weighted by Gasteiger charge is 2.36. The topological polar surface area (TPSA) is 101 Å². The van der Waals surface area contributed by atoms with Gasteiger partial charge in [0.15, 0.2) is 4.77 Å². The number of ether oxygens (including phenoxy) is 2. The number of carbonyl (C=O) groups is 2. The maximum atomic E-state index is 12.6. The molecule has 1 atom stereocenters. The highest BCUT2D eigenvalue weighted by Crippen LogP contribution is 2.36. The molecule has 1 unspecified atom stereocenters. The van der Waals surface area contributed by atoms with E-state index in [2.05, 4.69) is 15.5 Å². The Hall–Kier alpha value is -2.88. The smallest absolute Gasteiger partial charge is 0.227 e. The van der Waals surface area contributed by atoms with Gasteiger partial charge in [-0.3, -0.25) is 14.7 Å². The molecular formula is C19H25N5O4S. The van der Waals surface area contributed by atoms with E-state index >= 15 is 0 Å². The van der Waals surface area contributed by atoms with Crippen LogP contribution in [-0.2, 0) is 22.6 Å². The van der Waals surface area contributed by atoms with E-state index in [1.54, 1.807) is 37.3 Å². The summed E-state index contributed by atoms with van der Waals surface area (Å²) in [7, 11) is 3.10. The van der Waals surface area contributed by atoms with Crippen LogP contribution in [0.4, 0.5) is 5.69 Å². The van der Waals surface area contributed by atoms with E-state index in [4.69, 9.17) is 21.7 Å². The van der Waals surface area contributed by atoms with E-state index in [1.807, 2.05) is 11.5 Å². The Bertz CT molecular complexity index is 954. The number of H-pyrrole nitrogens is 1. The first kappa shape index (κ1) is 20.8. The largest absolute Gasteiger partial charge is 0.497 e. The Morgan fingerprint density at radius 1 is 1.38 bits per heavy atom. The van der Waals surface area contributed by atoms with Gasteiger partial charge in [-0.05, 0) is 31.3 Å². The van der Waals surface area contributed by atoms with Gasteiger partial charge in [0.05, 0.1) is 25.8 Å². The zero-order chi connectivity index (χ0) is 21.0. The number of benzene rings is 1. The van der Waals surface area contributed by atoms with Crippen molar-refractivity contribution in [1.82, 2.24) is 20.1 Å². The quantitative estimate of drug-likeness (QED) is 0.632. The Morgan fingerprint density at radius 2 is 2.17 bits per heavy atom. The van der Waals surface area contributed by atoms with Crippen molar-refractivity contribution in [2.24, 2.45) is 5.92 Å². The lowest BCUT2D eigenvalue weighted by Crippen LogP contribution is -2.34. The average molecular weight is 420 g/mol. The third kappa shape index (κ3) is 4.42. The van der Waals surface area contributed by atoms with Crippen LogP contribution >= 0.6 is 12.2 Å². The fraction of sp³-hybridized carbons (Fsp3) is 0.474. The first-order valence-electron chi connectivity index (χ1n) is 9.42. The summed E-state index contributed by atoms with van der Waals surface area (Å²) >= 11 is 5.17. The number of methoxy groups -OCH3 is 2. The molecule has 1 fully saturated rings. The second-order valence-electron chi connectivity index (χ2n) is 6.67. The molecule has 1 saturated heterocycles. The van der Waals surface area contributed by atoms with Crippen molar-refractivity contribution < 1.29 is 19.1 Å². The fourth-order valence-corrected chi connectivity index (χ4v) is 3.71. The van der Waals surface area contributed by atoms with Crippen LogP contribution in [0.5, 0.6) is 11.5 Å². The van der Waals surface area contributed by atoms with Crippen molar-refractivity contribution in [3.63, 3.8) is 0 Å². The number of carbonyl (C=O) groups excluding carboxylic acids is 2. The summed E-state index contributed by atoms with van der Waals surface area (Å²) in [4.78, 5) is 26.7. The maximum absolute atomic E-state index is 12.6. The summed E-state index contributed by atoms with van der Waals surface area (Å²) in [6.07, 6.45) is 0.709. The monoisotopic (exact) mass is 419 g/mol. The summed E-state index contributed by atoms with van der Waals surface area (Å²) in [5.74, 6) is 1.27. The van der Waals surface area contributed by atoms with Gasteiger partial charge in [-0.1, -0.05) is 0 Å².